The number of benzene rings is 2. The van der Waals surface area contributed by atoms with Gasteiger partial charge in [0.15, 0.2) is 0 Å². The van der Waals surface area contributed by atoms with Gasteiger partial charge < -0.3 is 20.6 Å². The quantitative estimate of drug-likeness (QED) is 0.350. The second kappa shape index (κ2) is 14.9. The van der Waals surface area contributed by atoms with Crippen LogP contribution in [0.2, 0.25) is 0 Å². The summed E-state index contributed by atoms with van der Waals surface area (Å²) in [7, 11) is 0. The molecule has 0 bridgehead atoms. The molecule has 3 rings (SSSR count). The van der Waals surface area contributed by atoms with Crippen LogP contribution in [0.3, 0.4) is 0 Å². The van der Waals surface area contributed by atoms with E-state index in [-0.39, 0.29) is 37.9 Å². The molecule has 3 N–H and O–H groups in total. The van der Waals surface area contributed by atoms with Gasteiger partial charge in [-0.15, -0.1) is 0 Å². The smallest absolute Gasteiger partial charge is 0.236 e. The lowest BCUT2D eigenvalue weighted by molar-refractivity contribution is -0.137. The second-order valence-corrected chi connectivity index (χ2v) is 9.97. The molecule has 1 heterocycles. The third kappa shape index (κ3) is 9.45. The minimum atomic E-state index is -1.01. The molecule has 1 saturated heterocycles. The fourth-order valence-electron chi connectivity index (χ4n) is 4.67. The summed E-state index contributed by atoms with van der Waals surface area (Å²) in [6, 6.07) is 10.5. The molecule has 1 aliphatic rings. The first-order valence-electron chi connectivity index (χ1n) is 13.5. The van der Waals surface area contributed by atoms with Crippen LogP contribution >= 0.6 is 0 Å². The lowest BCUT2D eigenvalue weighted by Crippen LogP contribution is -2.55. The number of aryl methyl sites for hydroxylation is 1. The number of hydrogen-bond acceptors (Lipinski definition) is 5. The first kappa shape index (κ1) is 29.7. The van der Waals surface area contributed by atoms with Crippen LogP contribution in [0.25, 0.3) is 0 Å². The molecule has 208 valence electrons. The number of halogens is 2. The Bertz CT molecular complexity index is 1050. The number of aliphatic hydroxyl groups excluding tert-OH is 1. The maximum atomic E-state index is 13.8. The summed E-state index contributed by atoms with van der Waals surface area (Å²) in [6.07, 6.45) is 1.93. The molecule has 2 atom stereocenters. The van der Waals surface area contributed by atoms with Crippen LogP contribution in [-0.2, 0) is 29.0 Å². The number of carbonyl (C=O) groups excluding carboxylic acids is 2. The van der Waals surface area contributed by atoms with Crippen LogP contribution < -0.4 is 10.6 Å². The van der Waals surface area contributed by atoms with Crippen LogP contribution in [0.15, 0.2) is 42.5 Å². The zero-order valence-corrected chi connectivity index (χ0v) is 22.4. The van der Waals surface area contributed by atoms with Crippen molar-refractivity contribution in [3.63, 3.8) is 0 Å². The SMILES string of the molecule is CCCCN1CCN(CC(=O)NC(Cc2cc(F)cc(F)c2)C(O)CNCc2cccc(CC)c2)CC1=O. The summed E-state index contributed by atoms with van der Waals surface area (Å²) in [5.41, 5.74) is 2.63. The fourth-order valence-corrected chi connectivity index (χ4v) is 4.67. The molecule has 38 heavy (non-hydrogen) atoms. The van der Waals surface area contributed by atoms with E-state index in [9.17, 15) is 23.5 Å². The summed E-state index contributed by atoms with van der Waals surface area (Å²) in [4.78, 5) is 29.0. The van der Waals surface area contributed by atoms with E-state index in [1.54, 1.807) is 4.90 Å². The molecule has 2 aromatic carbocycles. The number of hydrogen-bond donors (Lipinski definition) is 3. The van der Waals surface area contributed by atoms with Gasteiger partial charge in [0.2, 0.25) is 11.8 Å². The summed E-state index contributed by atoms with van der Waals surface area (Å²) >= 11 is 0. The zero-order valence-electron chi connectivity index (χ0n) is 22.4. The van der Waals surface area contributed by atoms with E-state index in [1.165, 1.54) is 17.7 Å². The zero-order chi connectivity index (χ0) is 27.5. The Kier molecular flexibility index (Phi) is 11.6. The normalized spacial score (nSPS) is 15.9. The number of nitrogens with zero attached hydrogens (tertiary/aromatic N) is 2. The van der Waals surface area contributed by atoms with Crippen LogP contribution in [0.5, 0.6) is 0 Å². The van der Waals surface area contributed by atoms with Crippen LogP contribution in [0.1, 0.15) is 43.4 Å². The van der Waals surface area contributed by atoms with Gasteiger partial charge >= 0.3 is 0 Å². The Hall–Kier alpha value is -2.88. The maximum absolute atomic E-state index is 13.8. The number of unbranched alkanes of at least 4 members (excludes halogenated alkanes) is 1. The minimum Gasteiger partial charge on any atom is -0.390 e. The highest BCUT2D eigenvalue weighted by Crippen LogP contribution is 2.13. The van der Waals surface area contributed by atoms with E-state index in [1.807, 2.05) is 17.0 Å². The maximum Gasteiger partial charge on any atom is 0.236 e. The van der Waals surface area contributed by atoms with Crippen molar-refractivity contribution in [3.8, 4) is 0 Å². The van der Waals surface area contributed by atoms with Crippen molar-refractivity contribution in [3.05, 3.63) is 70.8 Å². The Balaban J connectivity index is 1.60. The van der Waals surface area contributed by atoms with Crippen LogP contribution in [0, 0.1) is 11.6 Å². The average molecular weight is 531 g/mol. The molecule has 0 aromatic heterocycles. The van der Waals surface area contributed by atoms with Crippen molar-refractivity contribution >= 4 is 11.8 Å². The molecule has 1 aliphatic heterocycles. The number of carbonyl (C=O) groups is 2. The molecule has 0 spiro atoms. The van der Waals surface area contributed by atoms with Gasteiger partial charge in [-0.1, -0.05) is 44.5 Å². The van der Waals surface area contributed by atoms with Gasteiger partial charge in [-0.3, -0.25) is 14.5 Å². The minimum absolute atomic E-state index is 0.000614. The molecule has 2 aromatic rings. The standard InChI is InChI=1S/C29H40F2N4O3/c1-3-5-9-35-11-10-34(20-29(35)38)19-28(37)33-26(15-23-13-24(30)16-25(31)14-23)27(36)18-32-17-22-8-6-7-21(4-2)12-22/h6-8,12-14,16,26-27,32,36H,3-5,9-11,15,17-20H2,1-2H3,(H,33,37). The molecule has 2 unspecified atom stereocenters. The highest BCUT2D eigenvalue weighted by molar-refractivity contribution is 5.82. The molecule has 2 amide bonds. The monoisotopic (exact) mass is 530 g/mol. The molecule has 0 aliphatic carbocycles. The lowest BCUT2D eigenvalue weighted by Gasteiger charge is -2.34. The van der Waals surface area contributed by atoms with E-state index in [0.717, 1.165) is 37.4 Å². The molecule has 1 fully saturated rings. The third-order valence-corrected chi connectivity index (χ3v) is 6.82. The van der Waals surface area contributed by atoms with Crippen LogP contribution in [-0.4, -0.2) is 78.1 Å². The molecular weight excluding hydrogens is 490 g/mol. The van der Waals surface area contributed by atoms with Gasteiger partial charge in [0.25, 0.3) is 0 Å². The summed E-state index contributed by atoms with van der Waals surface area (Å²) in [5.74, 6) is -1.78. The molecule has 7 nitrogen and oxygen atoms in total. The topological polar surface area (TPSA) is 84.9 Å². The number of piperazine rings is 1. The van der Waals surface area contributed by atoms with Crippen molar-refractivity contribution < 1.29 is 23.5 Å². The molecule has 0 radical (unpaired) electrons. The Morgan fingerprint density at radius 1 is 1.05 bits per heavy atom. The fraction of sp³-hybridized carbons (Fsp3) is 0.517. The summed E-state index contributed by atoms with van der Waals surface area (Å²) in [6.45, 7) is 6.92. The van der Waals surface area contributed by atoms with E-state index >= 15 is 0 Å². The van der Waals surface area contributed by atoms with Crippen molar-refractivity contribution in [1.82, 2.24) is 20.4 Å². The second-order valence-electron chi connectivity index (χ2n) is 9.97. The van der Waals surface area contributed by atoms with Gasteiger partial charge in [-0.05, 0) is 48.1 Å². The average Bonchev–Trinajstić information content (AvgIpc) is 2.87. The number of amides is 2. The van der Waals surface area contributed by atoms with E-state index in [0.29, 0.717) is 25.2 Å². The predicted octanol–water partition coefficient (Wildman–Crippen LogP) is 2.65. The first-order chi connectivity index (χ1) is 18.3. The van der Waals surface area contributed by atoms with Gasteiger partial charge in [-0.25, -0.2) is 8.78 Å². The Morgan fingerprint density at radius 2 is 1.79 bits per heavy atom. The van der Waals surface area contributed by atoms with Gasteiger partial charge in [0, 0.05) is 38.8 Å². The number of nitrogens with one attached hydrogen (secondary N) is 2. The van der Waals surface area contributed by atoms with Crippen molar-refractivity contribution in [2.75, 3.05) is 39.3 Å². The predicted molar refractivity (Wildman–Crippen MR) is 143 cm³/mol. The first-order valence-corrected chi connectivity index (χ1v) is 13.5. The molecule has 0 saturated carbocycles. The highest BCUT2D eigenvalue weighted by Gasteiger charge is 2.27. The summed E-state index contributed by atoms with van der Waals surface area (Å²) in [5, 5.41) is 17.0. The van der Waals surface area contributed by atoms with Crippen LogP contribution in [0.4, 0.5) is 8.78 Å². The Morgan fingerprint density at radius 3 is 2.47 bits per heavy atom. The van der Waals surface area contributed by atoms with E-state index in [2.05, 4.69) is 36.6 Å². The van der Waals surface area contributed by atoms with Crippen molar-refractivity contribution in [1.29, 1.82) is 0 Å². The van der Waals surface area contributed by atoms with E-state index in [4.69, 9.17) is 0 Å². The Labute approximate surface area is 224 Å². The van der Waals surface area contributed by atoms with Gasteiger partial charge in [0.05, 0.1) is 25.2 Å². The van der Waals surface area contributed by atoms with E-state index < -0.39 is 23.8 Å². The number of rotatable bonds is 14. The number of aliphatic hydroxyl groups is 1. The van der Waals surface area contributed by atoms with Crippen molar-refractivity contribution in [2.24, 2.45) is 0 Å². The van der Waals surface area contributed by atoms with Gasteiger partial charge in [0.1, 0.15) is 11.6 Å². The lowest BCUT2D eigenvalue weighted by atomic mass is 10.0. The molecule has 9 heteroatoms. The molecular formula is C29H40F2N4O3. The summed E-state index contributed by atoms with van der Waals surface area (Å²) < 4.78 is 27.6. The van der Waals surface area contributed by atoms with Crippen molar-refractivity contribution in [2.45, 2.75) is 58.2 Å². The third-order valence-electron chi connectivity index (χ3n) is 6.82. The highest BCUT2D eigenvalue weighted by atomic mass is 19.1. The van der Waals surface area contributed by atoms with Gasteiger partial charge in [-0.2, -0.15) is 0 Å². The largest absolute Gasteiger partial charge is 0.390 e.